The van der Waals surface area contributed by atoms with Crippen molar-refractivity contribution in [3.63, 3.8) is 0 Å². The van der Waals surface area contributed by atoms with E-state index in [4.69, 9.17) is 4.42 Å². The molecule has 0 bridgehead atoms. The molecule has 0 spiro atoms. The fourth-order valence-corrected chi connectivity index (χ4v) is 2.89. The van der Waals surface area contributed by atoms with Crippen LogP contribution >= 0.6 is 0 Å². The Hall–Kier alpha value is -2.14. The van der Waals surface area contributed by atoms with Gasteiger partial charge < -0.3 is 14.6 Å². The number of hydrogen-bond acceptors (Lipinski definition) is 4. The van der Waals surface area contributed by atoms with Crippen LogP contribution in [0.1, 0.15) is 35.5 Å². The number of hydrogen-bond donors (Lipinski definition) is 1. The van der Waals surface area contributed by atoms with Crippen molar-refractivity contribution in [3.05, 3.63) is 54.2 Å². The fourth-order valence-electron chi connectivity index (χ4n) is 2.89. The summed E-state index contributed by atoms with van der Waals surface area (Å²) in [6.07, 6.45) is 6.35. The maximum Gasteiger partial charge on any atom is 0.290 e. The number of furan rings is 1. The van der Waals surface area contributed by atoms with Gasteiger partial charge in [-0.2, -0.15) is 0 Å². The lowest BCUT2D eigenvalue weighted by Crippen LogP contribution is -2.40. The topological polar surface area (TPSA) is 58.4 Å². The Balaban J connectivity index is 1.82. The first-order valence-corrected chi connectivity index (χ1v) is 7.79. The maximum atomic E-state index is 12.8. The minimum absolute atomic E-state index is 0.0532. The second-order valence-electron chi connectivity index (χ2n) is 5.57. The molecule has 3 heterocycles. The Labute approximate surface area is 130 Å². The first-order valence-electron chi connectivity index (χ1n) is 7.79. The molecule has 5 nitrogen and oxygen atoms in total. The fraction of sp³-hybridized carbons (Fsp3) is 0.412. The molecule has 0 aromatic carbocycles. The third-order valence-electron chi connectivity index (χ3n) is 4.04. The first-order chi connectivity index (χ1) is 10.8. The standard InChI is InChI=1S/C17H21N3O2/c21-17(16-7-4-12-22-16)20(13-14-5-1-2-10-19-14)15-6-3-9-18-11-8-15/h1-2,4-5,7,10,12,15,18H,3,6,8-9,11,13H2. The van der Waals surface area contributed by atoms with E-state index in [1.54, 1.807) is 24.6 Å². The van der Waals surface area contributed by atoms with Crippen molar-refractivity contribution < 1.29 is 9.21 Å². The van der Waals surface area contributed by atoms with E-state index in [0.717, 1.165) is 38.0 Å². The Morgan fingerprint density at radius 3 is 3.00 bits per heavy atom. The van der Waals surface area contributed by atoms with E-state index in [0.29, 0.717) is 12.3 Å². The number of rotatable bonds is 4. The number of amides is 1. The van der Waals surface area contributed by atoms with Crippen molar-refractivity contribution in [1.82, 2.24) is 15.2 Å². The van der Waals surface area contributed by atoms with Crippen LogP contribution in [-0.4, -0.2) is 34.9 Å². The lowest BCUT2D eigenvalue weighted by Gasteiger charge is -2.30. The van der Waals surface area contributed by atoms with E-state index in [1.165, 1.54) is 0 Å². The summed E-state index contributed by atoms with van der Waals surface area (Å²) in [4.78, 5) is 19.1. The number of nitrogens with one attached hydrogen (secondary N) is 1. The van der Waals surface area contributed by atoms with E-state index < -0.39 is 0 Å². The van der Waals surface area contributed by atoms with E-state index in [9.17, 15) is 4.79 Å². The highest BCUT2D eigenvalue weighted by Crippen LogP contribution is 2.19. The summed E-state index contributed by atoms with van der Waals surface area (Å²) >= 11 is 0. The highest BCUT2D eigenvalue weighted by molar-refractivity contribution is 5.91. The van der Waals surface area contributed by atoms with Gasteiger partial charge in [-0.3, -0.25) is 9.78 Å². The van der Waals surface area contributed by atoms with Gasteiger partial charge in [0.25, 0.3) is 5.91 Å². The molecule has 5 heteroatoms. The van der Waals surface area contributed by atoms with Gasteiger partial charge in [0.05, 0.1) is 18.5 Å². The quantitative estimate of drug-likeness (QED) is 0.942. The smallest absolute Gasteiger partial charge is 0.290 e. The van der Waals surface area contributed by atoms with Crippen LogP contribution in [0.4, 0.5) is 0 Å². The number of carbonyl (C=O) groups is 1. The summed E-state index contributed by atoms with van der Waals surface area (Å²) in [5, 5.41) is 3.39. The molecule has 0 radical (unpaired) electrons. The van der Waals surface area contributed by atoms with Crippen LogP contribution in [0.25, 0.3) is 0 Å². The number of carbonyl (C=O) groups excluding carboxylic acids is 1. The maximum absolute atomic E-state index is 12.8. The van der Waals surface area contributed by atoms with Gasteiger partial charge in [0, 0.05) is 12.2 Å². The summed E-state index contributed by atoms with van der Waals surface area (Å²) in [5.74, 6) is 0.343. The molecular weight excluding hydrogens is 278 g/mol. The molecule has 0 aliphatic carbocycles. The number of pyridine rings is 1. The summed E-state index contributed by atoms with van der Waals surface area (Å²) < 4.78 is 5.31. The molecule has 2 aromatic rings. The second kappa shape index (κ2) is 7.22. The SMILES string of the molecule is O=C(c1ccco1)N(Cc1ccccn1)C1CCCNCC1. The molecule has 1 saturated heterocycles. The van der Waals surface area contributed by atoms with Crippen molar-refractivity contribution in [2.45, 2.75) is 31.8 Å². The van der Waals surface area contributed by atoms with E-state index in [-0.39, 0.29) is 11.9 Å². The van der Waals surface area contributed by atoms with Gasteiger partial charge in [-0.15, -0.1) is 0 Å². The van der Waals surface area contributed by atoms with Crippen LogP contribution in [0.3, 0.4) is 0 Å². The zero-order valence-electron chi connectivity index (χ0n) is 12.6. The van der Waals surface area contributed by atoms with Crippen molar-refractivity contribution in [2.24, 2.45) is 0 Å². The van der Waals surface area contributed by atoms with Gasteiger partial charge in [0.2, 0.25) is 0 Å². The molecule has 1 fully saturated rings. The van der Waals surface area contributed by atoms with E-state index in [2.05, 4.69) is 10.3 Å². The van der Waals surface area contributed by atoms with E-state index in [1.807, 2.05) is 23.1 Å². The highest BCUT2D eigenvalue weighted by Gasteiger charge is 2.27. The first kappa shape index (κ1) is 14.8. The Morgan fingerprint density at radius 1 is 1.27 bits per heavy atom. The van der Waals surface area contributed by atoms with Crippen LogP contribution < -0.4 is 5.32 Å². The second-order valence-corrected chi connectivity index (χ2v) is 5.57. The molecule has 3 rings (SSSR count). The molecule has 116 valence electrons. The molecule has 1 unspecified atom stereocenters. The Bertz CT molecular complexity index is 575. The van der Waals surface area contributed by atoms with Gasteiger partial charge in [-0.05, 0) is 56.6 Å². The summed E-state index contributed by atoms with van der Waals surface area (Å²) in [6, 6.07) is 9.49. The Morgan fingerprint density at radius 2 is 2.23 bits per heavy atom. The molecule has 1 atom stereocenters. The predicted octanol–water partition coefficient (Wildman–Crippen LogP) is 2.46. The van der Waals surface area contributed by atoms with Gasteiger partial charge in [0.15, 0.2) is 5.76 Å². The average molecular weight is 299 g/mol. The van der Waals surface area contributed by atoms with Gasteiger partial charge in [-0.25, -0.2) is 0 Å². The van der Waals surface area contributed by atoms with Crippen molar-refractivity contribution in [2.75, 3.05) is 13.1 Å². The molecule has 0 saturated carbocycles. The van der Waals surface area contributed by atoms with Gasteiger partial charge in [0.1, 0.15) is 0 Å². The number of aromatic nitrogens is 1. The summed E-state index contributed by atoms with van der Waals surface area (Å²) in [6.45, 7) is 2.47. The predicted molar refractivity (Wildman–Crippen MR) is 83.3 cm³/mol. The van der Waals surface area contributed by atoms with Crippen molar-refractivity contribution >= 4 is 5.91 Å². The van der Waals surface area contributed by atoms with Crippen LogP contribution in [0.2, 0.25) is 0 Å². The monoisotopic (exact) mass is 299 g/mol. The molecule has 22 heavy (non-hydrogen) atoms. The largest absolute Gasteiger partial charge is 0.459 e. The lowest BCUT2D eigenvalue weighted by atomic mass is 10.1. The van der Waals surface area contributed by atoms with Crippen molar-refractivity contribution in [1.29, 1.82) is 0 Å². The number of nitrogens with zero attached hydrogens (tertiary/aromatic N) is 2. The summed E-state index contributed by atoms with van der Waals surface area (Å²) in [7, 11) is 0. The van der Waals surface area contributed by atoms with Gasteiger partial charge >= 0.3 is 0 Å². The normalized spacial score (nSPS) is 18.6. The van der Waals surface area contributed by atoms with Crippen LogP contribution in [0, 0.1) is 0 Å². The highest BCUT2D eigenvalue weighted by atomic mass is 16.3. The molecular formula is C17H21N3O2. The molecule has 1 N–H and O–H groups in total. The Kier molecular flexibility index (Phi) is 4.85. The third-order valence-corrected chi connectivity index (χ3v) is 4.04. The van der Waals surface area contributed by atoms with Crippen LogP contribution in [-0.2, 0) is 6.54 Å². The lowest BCUT2D eigenvalue weighted by molar-refractivity contribution is 0.0609. The zero-order valence-corrected chi connectivity index (χ0v) is 12.6. The molecule has 1 aliphatic rings. The van der Waals surface area contributed by atoms with Crippen LogP contribution in [0.15, 0.2) is 47.2 Å². The minimum atomic E-state index is -0.0532. The molecule has 2 aromatic heterocycles. The van der Waals surface area contributed by atoms with Crippen LogP contribution in [0.5, 0.6) is 0 Å². The van der Waals surface area contributed by atoms with E-state index >= 15 is 0 Å². The van der Waals surface area contributed by atoms with Gasteiger partial charge in [-0.1, -0.05) is 6.07 Å². The average Bonchev–Trinajstić information content (AvgIpc) is 2.96. The molecule has 1 amide bonds. The minimum Gasteiger partial charge on any atom is -0.459 e. The zero-order chi connectivity index (χ0) is 15.2. The third kappa shape index (κ3) is 3.54. The summed E-state index contributed by atoms with van der Waals surface area (Å²) in [5.41, 5.74) is 0.902. The molecule has 1 aliphatic heterocycles. The van der Waals surface area contributed by atoms with Crippen molar-refractivity contribution in [3.8, 4) is 0 Å².